The van der Waals surface area contributed by atoms with Gasteiger partial charge in [0.15, 0.2) is 0 Å². The number of ketones is 1. The van der Waals surface area contributed by atoms with Crippen LogP contribution in [0, 0.1) is 34.5 Å². The molecule has 4 aliphatic carbocycles. The van der Waals surface area contributed by atoms with Crippen molar-refractivity contribution in [3.63, 3.8) is 0 Å². The summed E-state index contributed by atoms with van der Waals surface area (Å²) in [7, 11) is 0. The van der Waals surface area contributed by atoms with E-state index in [-0.39, 0.29) is 34.4 Å². The van der Waals surface area contributed by atoms with Crippen molar-refractivity contribution < 1.29 is 20.1 Å². The van der Waals surface area contributed by atoms with Gasteiger partial charge < -0.3 is 15.3 Å². The van der Waals surface area contributed by atoms with E-state index in [1.807, 2.05) is 6.08 Å². The number of hydrogen-bond acceptors (Lipinski definition) is 4. The van der Waals surface area contributed by atoms with Crippen molar-refractivity contribution in [2.75, 3.05) is 0 Å². The van der Waals surface area contributed by atoms with Crippen LogP contribution in [0.25, 0.3) is 0 Å². The molecule has 140 valence electrons. The fourth-order valence-electron chi connectivity index (χ4n) is 7.22. The van der Waals surface area contributed by atoms with Crippen molar-refractivity contribution in [3.05, 3.63) is 11.6 Å². The topological polar surface area (TPSA) is 77.8 Å². The molecule has 0 saturated heterocycles. The normalized spacial score (nSPS) is 53.5. The van der Waals surface area contributed by atoms with Crippen molar-refractivity contribution in [2.24, 2.45) is 34.5 Å². The van der Waals surface area contributed by atoms with Crippen LogP contribution in [0.4, 0.5) is 0 Å². The van der Waals surface area contributed by atoms with E-state index in [0.717, 1.165) is 25.7 Å². The first-order valence-corrected chi connectivity index (χ1v) is 9.96. The van der Waals surface area contributed by atoms with Crippen LogP contribution in [0.2, 0.25) is 0 Å². The number of fused-ring (bicyclic) bond motifs is 5. The summed E-state index contributed by atoms with van der Waals surface area (Å²) >= 11 is 0. The Labute approximate surface area is 150 Å². The monoisotopic (exact) mass is 348 g/mol. The molecular formula is C21H32O4. The molecule has 4 nitrogen and oxygen atoms in total. The van der Waals surface area contributed by atoms with Gasteiger partial charge in [-0.05, 0) is 67.6 Å². The van der Waals surface area contributed by atoms with Gasteiger partial charge >= 0.3 is 0 Å². The molecule has 3 fully saturated rings. The third-order valence-electron chi connectivity index (χ3n) is 8.53. The molecule has 0 bridgehead atoms. The molecule has 4 heteroatoms. The van der Waals surface area contributed by atoms with Gasteiger partial charge in [0.1, 0.15) is 5.78 Å². The summed E-state index contributed by atoms with van der Waals surface area (Å²) in [4.78, 5) is 13.0. The second kappa shape index (κ2) is 5.64. The average molecular weight is 348 g/mol. The van der Waals surface area contributed by atoms with Gasteiger partial charge in [0.05, 0.1) is 18.3 Å². The minimum atomic E-state index is -0.518. The second-order valence-corrected chi connectivity index (χ2v) is 9.71. The van der Waals surface area contributed by atoms with E-state index in [9.17, 15) is 20.1 Å². The molecule has 0 radical (unpaired) electrons. The first-order valence-electron chi connectivity index (χ1n) is 9.96. The summed E-state index contributed by atoms with van der Waals surface area (Å²) < 4.78 is 0. The molecule has 0 amide bonds. The van der Waals surface area contributed by atoms with Gasteiger partial charge in [-0.15, -0.1) is 0 Å². The minimum Gasteiger partial charge on any atom is -0.393 e. The number of rotatable bonds is 1. The maximum atomic E-state index is 13.0. The van der Waals surface area contributed by atoms with Gasteiger partial charge in [0, 0.05) is 12.3 Å². The van der Waals surface area contributed by atoms with Gasteiger partial charge in [0.2, 0.25) is 0 Å². The lowest BCUT2D eigenvalue weighted by molar-refractivity contribution is -0.144. The Balaban J connectivity index is 1.74. The molecule has 0 spiro atoms. The lowest BCUT2D eigenvalue weighted by Crippen LogP contribution is -2.57. The Bertz CT molecular complexity index is 611. The zero-order valence-electron chi connectivity index (χ0n) is 15.6. The van der Waals surface area contributed by atoms with Gasteiger partial charge in [0.25, 0.3) is 0 Å². The molecule has 0 aromatic heterocycles. The average Bonchev–Trinajstić information content (AvgIpc) is 2.81. The maximum absolute atomic E-state index is 13.0. The third-order valence-corrected chi connectivity index (χ3v) is 8.53. The predicted molar refractivity (Wildman–Crippen MR) is 94.7 cm³/mol. The van der Waals surface area contributed by atoms with Crippen LogP contribution in [-0.2, 0) is 4.79 Å². The highest BCUT2D eigenvalue weighted by molar-refractivity contribution is 5.85. The Morgan fingerprint density at radius 2 is 1.88 bits per heavy atom. The van der Waals surface area contributed by atoms with Gasteiger partial charge in [-0.2, -0.15) is 0 Å². The molecule has 0 aromatic carbocycles. The summed E-state index contributed by atoms with van der Waals surface area (Å²) in [6, 6.07) is 0. The highest BCUT2D eigenvalue weighted by Crippen LogP contribution is 2.66. The zero-order valence-corrected chi connectivity index (χ0v) is 15.6. The molecule has 0 heterocycles. The lowest BCUT2D eigenvalue weighted by atomic mass is 9.46. The highest BCUT2D eigenvalue weighted by atomic mass is 16.3. The Kier molecular flexibility index (Phi) is 3.99. The molecular weight excluding hydrogens is 316 g/mol. The van der Waals surface area contributed by atoms with E-state index in [2.05, 4.69) is 13.8 Å². The van der Waals surface area contributed by atoms with Crippen molar-refractivity contribution >= 4 is 5.78 Å². The SMILES string of the molecule is CC(O)C1CC(=O)C2C3C(O)CC4=CC(O)CCC4(C)C3CCC12C. The number of carbonyl (C=O) groups excluding carboxylic acids is 1. The number of Topliss-reactive ketones (excluding diaryl/α,β-unsaturated/α-hetero) is 1. The van der Waals surface area contributed by atoms with Crippen molar-refractivity contribution in [1.82, 2.24) is 0 Å². The lowest BCUT2D eigenvalue weighted by Gasteiger charge is -2.59. The van der Waals surface area contributed by atoms with Crippen LogP contribution in [0.15, 0.2) is 11.6 Å². The fourth-order valence-corrected chi connectivity index (χ4v) is 7.22. The summed E-state index contributed by atoms with van der Waals surface area (Å²) in [5.41, 5.74) is 0.994. The number of hydrogen-bond donors (Lipinski definition) is 3. The van der Waals surface area contributed by atoms with E-state index in [1.54, 1.807) is 6.92 Å². The Hall–Kier alpha value is -0.710. The van der Waals surface area contributed by atoms with Crippen LogP contribution in [-0.4, -0.2) is 39.4 Å². The molecule has 4 rings (SSSR count). The molecule has 25 heavy (non-hydrogen) atoms. The molecule has 9 unspecified atom stereocenters. The van der Waals surface area contributed by atoms with Crippen molar-refractivity contribution in [2.45, 2.75) is 77.6 Å². The molecule has 0 aromatic rings. The smallest absolute Gasteiger partial charge is 0.137 e. The zero-order chi connectivity index (χ0) is 18.1. The van der Waals surface area contributed by atoms with E-state index < -0.39 is 18.3 Å². The van der Waals surface area contributed by atoms with Crippen LogP contribution < -0.4 is 0 Å². The summed E-state index contributed by atoms with van der Waals surface area (Å²) in [6.45, 7) is 6.25. The van der Waals surface area contributed by atoms with E-state index >= 15 is 0 Å². The molecule has 3 saturated carbocycles. The van der Waals surface area contributed by atoms with E-state index in [0.29, 0.717) is 18.8 Å². The largest absolute Gasteiger partial charge is 0.393 e. The van der Waals surface area contributed by atoms with Crippen LogP contribution in [0.1, 0.15) is 59.3 Å². The first kappa shape index (κ1) is 17.7. The molecule has 4 aliphatic rings. The predicted octanol–water partition coefficient (Wildman–Crippen LogP) is 2.46. The van der Waals surface area contributed by atoms with Crippen LogP contribution in [0.5, 0.6) is 0 Å². The van der Waals surface area contributed by atoms with Gasteiger partial charge in [-0.25, -0.2) is 0 Å². The quantitative estimate of drug-likeness (QED) is 0.636. The summed E-state index contributed by atoms with van der Waals surface area (Å²) in [5.74, 6) is 0.410. The molecule has 0 aliphatic heterocycles. The second-order valence-electron chi connectivity index (χ2n) is 9.71. The first-order chi connectivity index (χ1) is 11.7. The molecule has 9 atom stereocenters. The number of aliphatic hydroxyl groups is 3. The highest BCUT2D eigenvalue weighted by Gasteiger charge is 2.64. The van der Waals surface area contributed by atoms with Crippen molar-refractivity contribution in [1.29, 1.82) is 0 Å². The van der Waals surface area contributed by atoms with Gasteiger partial charge in [-0.3, -0.25) is 4.79 Å². The maximum Gasteiger partial charge on any atom is 0.137 e. The molecule has 3 N–H and O–H groups in total. The standard InChI is InChI=1S/C21H32O4/c1-11(22)15-10-17(25)19-18-14(5-7-21(15,19)3)20(2)6-4-13(23)8-12(20)9-16(18)24/h8,11,13-16,18-19,22-24H,4-7,9-10H2,1-3H3. The fraction of sp³-hybridized carbons (Fsp3) is 0.857. The minimum absolute atomic E-state index is 0.00630. The van der Waals surface area contributed by atoms with E-state index in [1.165, 1.54) is 5.57 Å². The van der Waals surface area contributed by atoms with Gasteiger partial charge in [-0.1, -0.05) is 25.5 Å². The van der Waals surface area contributed by atoms with Crippen LogP contribution in [0.3, 0.4) is 0 Å². The van der Waals surface area contributed by atoms with Crippen LogP contribution >= 0.6 is 0 Å². The number of carbonyl (C=O) groups is 1. The third kappa shape index (κ3) is 2.33. The Morgan fingerprint density at radius 1 is 1.16 bits per heavy atom. The number of aliphatic hydroxyl groups excluding tert-OH is 3. The van der Waals surface area contributed by atoms with E-state index in [4.69, 9.17) is 0 Å². The van der Waals surface area contributed by atoms with Crippen molar-refractivity contribution in [3.8, 4) is 0 Å². The summed E-state index contributed by atoms with van der Waals surface area (Å²) in [6.07, 6.45) is 5.24. The summed E-state index contributed by atoms with van der Waals surface area (Å²) in [5, 5.41) is 31.3. The Morgan fingerprint density at radius 3 is 2.56 bits per heavy atom.